The molecule has 3 aromatic rings. The minimum absolute atomic E-state index is 0.0474. The van der Waals surface area contributed by atoms with Gasteiger partial charge in [0.15, 0.2) is 11.6 Å². The quantitative estimate of drug-likeness (QED) is 0.425. The van der Waals surface area contributed by atoms with Gasteiger partial charge in [-0.05, 0) is 30.7 Å². The fourth-order valence-electron chi connectivity index (χ4n) is 3.16. The van der Waals surface area contributed by atoms with E-state index < -0.39 is 39.4 Å². The number of aromatic amines is 1. The van der Waals surface area contributed by atoms with Gasteiger partial charge < -0.3 is 9.15 Å². The number of aromatic nitrogens is 2. The van der Waals surface area contributed by atoms with Crippen molar-refractivity contribution in [1.82, 2.24) is 14.9 Å². The number of H-pyrrole nitrogens is 1. The second-order valence-electron chi connectivity index (χ2n) is 6.85. The van der Waals surface area contributed by atoms with Crippen molar-refractivity contribution in [2.24, 2.45) is 0 Å². The Morgan fingerprint density at radius 1 is 1.31 bits per heavy atom. The molecule has 0 fully saturated rings. The van der Waals surface area contributed by atoms with Gasteiger partial charge in [-0.3, -0.25) is 0 Å². The molecule has 0 saturated carbocycles. The van der Waals surface area contributed by atoms with Crippen molar-refractivity contribution in [1.29, 1.82) is 0 Å². The van der Waals surface area contributed by atoms with Crippen LogP contribution < -0.4 is 15.2 Å². The number of benzene rings is 2. The van der Waals surface area contributed by atoms with Crippen molar-refractivity contribution in [3.63, 3.8) is 0 Å². The average Bonchev–Trinajstić information content (AvgIpc) is 3.16. The van der Waals surface area contributed by atoms with Gasteiger partial charge in [-0.1, -0.05) is 34.5 Å². The molecule has 0 aliphatic heterocycles. The maximum absolute atomic E-state index is 14.8. The third kappa shape index (κ3) is 4.72. The van der Waals surface area contributed by atoms with Crippen molar-refractivity contribution in [2.45, 2.75) is 30.7 Å². The minimum atomic E-state index is -4.34. The number of sulfonamides is 1. The van der Waals surface area contributed by atoms with Gasteiger partial charge in [0.1, 0.15) is 16.7 Å². The fourth-order valence-corrected chi connectivity index (χ4v) is 5.39. The van der Waals surface area contributed by atoms with Crippen LogP contribution in [0.15, 0.2) is 42.8 Å². The van der Waals surface area contributed by atoms with Crippen LogP contribution in [0.3, 0.4) is 0 Å². The summed E-state index contributed by atoms with van der Waals surface area (Å²) in [4.78, 5) is 11.3. The van der Waals surface area contributed by atoms with Crippen molar-refractivity contribution in [3.8, 4) is 5.75 Å². The molecule has 13 heteroatoms. The summed E-state index contributed by atoms with van der Waals surface area (Å²) in [6.45, 7) is 2.98. The lowest BCUT2D eigenvalue weighted by atomic mass is 9.92. The number of rotatable bonds is 7. The monoisotopic (exact) mass is 551 g/mol. The Balaban J connectivity index is 2.15. The number of nitrogens with zero attached hydrogens (tertiary/aromatic N) is 1. The van der Waals surface area contributed by atoms with Crippen LogP contribution in [0.25, 0.3) is 0 Å². The van der Waals surface area contributed by atoms with Gasteiger partial charge in [0.05, 0.1) is 7.11 Å². The molecule has 0 saturated heterocycles. The number of hydrogen-bond donors (Lipinski definition) is 2. The van der Waals surface area contributed by atoms with E-state index >= 15 is 0 Å². The van der Waals surface area contributed by atoms with Crippen LogP contribution >= 0.6 is 27.5 Å². The number of nitrogens with one attached hydrogen (secondary N) is 2. The number of methoxy groups -OCH3 is 1. The first-order chi connectivity index (χ1) is 15.0. The first-order valence-electron chi connectivity index (χ1n) is 9.01. The van der Waals surface area contributed by atoms with Crippen LogP contribution in [0.4, 0.5) is 8.78 Å². The fraction of sp³-hybridized carbons (Fsp3) is 0.263. The lowest BCUT2D eigenvalue weighted by Crippen LogP contribution is -2.33. The van der Waals surface area contributed by atoms with Gasteiger partial charge in [-0.2, -0.15) is 4.72 Å². The molecule has 8 nitrogen and oxygen atoms in total. The average molecular weight is 553 g/mol. The number of ether oxygens (including phenoxy) is 1. The summed E-state index contributed by atoms with van der Waals surface area (Å²) in [5.74, 6) is -4.73. The third-order valence-corrected chi connectivity index (χ3v) is 7.51. The van der Waals surface area contributed by atoms with Gasteiger partial charge in [0.25, 0.3) is 0 Å². The molecule has 0 radical (unpaired) electrons. The Labute approximate surface area is 195 Å². The van der Waals surface area contributed by atoms with Crippen LogP contribution in [0.1, 0.15) is 35.9 Å². The van der Waals surface area contributed by atoms with Gasteiger partial charge in [0, 0.05) is 27.0 Å². The molecule has 0 bridgehead atoms. The van der Waals surface area contributed by atoms with E-state index in [1.165, 1.54) is 32.2 Å². The smallest absolute Gasteiger partial charge is 0.434 e. The lowest BCUT2D eigenvalue weighted by Gasteiger charge is -2.25. The number of aryl methyl sites for hydroxylation is 1. The highest BCUT2D eigenvalue weighted by molar-refractivity contribution is 9.10. The highest BCUT2D eigenvalue weighted by atomic mass is 79.9. The zero-order valence-corrected chi connectivity index (χ0v) is 20.0. The molecular formula is C19H17BrClF2N3O5S. The molecule has 2 atom stereocenters. The second kappa shape index (κ2) is 9.30. The molecule has 2 aromatic carbocycles. The van der Waals surface area contributed by atoms with Gasteiger partial charge in [-0.15, -0.1) is 5.10 Å². The van der Waals surface area contributed by atoms with Gasteiger partial charge >= 0.3 is 5.76 Å². The molecule has 172 valence electrons. The Morgan fingerprint density at radius 3 is 2.59 bits per heavy atom. The number of hydrogen-bond acceptors (Lipinski definition) is 6. The van der Waals surface area contributed by atoms with Gasteiger partial charge in [-0.25, -0.2) is 27.1 Å². The van der Waals surface area contributed by atoms with Crippen LogP contribution in [-0.2, 0) is 10.0 Å². The maximum atomic E-state index is 14.8. The van der Waals surface area contributed by atoms with Crippen LogP contribution in [0.5, 0.6) is 5.75 Å². The summed E-state index contributed by atoms with van der Waals surface area (Å²) in [6, 6.07) is 3.47. The molecule has 0 spiro atoms. The maximum Gasteiger partial charge on any atom is 0.434 e. The molecule has 2 N–H and O–H groups in total. The largest absolute Gasteiger partial charge is 0.495 e. The number of halogens is 4. The predicted molar refractivity (Wildman–Crippen MR) is 115 cm³/mol. The summed E-state index contributed by atoms with van der Waals surface area (Å²) >= 11 is 9.13. The zero-order valence-electron chi connectivity index (χ0n) is 16.9. The molecule has 0 amide bonds. The minimum Gasteiger partial charge on any atom is -0.495 e. The molecule has 1 heterocycles. The van der Waals surface area contributed by atoms with Crippen LogP contribution in [0, 0.1) is 18.6 Å². The Bertz CT molecular complexity index is 1300. The topological polar surface area (TPSA) is 114 Å². The van der Waals surface area contributed by atoms with E-state index in [-0.39, 0.29) is 31.6 Å². The van der Waals surface area contributed by atoms with Crippen LogP contribution in [-0.4, -0.2) is 25.7 Å². The SMILES string of the molecule is COc1cc(Cl)ccc1S(=O)(=O)N[C@H](c1n[nH]c(=O)o1)C(C)c1c(F)c(F)cc(C)c1Br. The molecule has 0 aliphatic carbocycles. The van der Waals surface area contributed by atoms with E-state index in [1.807, 2.05) is 5.10 Å². The summed E-state index contributed by atoms with van der Waals surface area (Å²) in [5, 5.41) is 5.96. The molecule has 32 heavy (non-hydrogen) atoms. The summed E-state index contributed by atoms with van der Waals surface area (Å²) in [6.07, 6.45) is 0. The standard InChI is InChI=1S/C19H17BrClF2N3O5S/c1-8-6-11(22)16(23)14(15(8)20)9(2)17(18-24-25-19(27)31-18)26-32(28,29)13-5-4-10(21)7-12(13)30-3/h4-7,9,17,26H,1-3H3,(H,25,27)/t9?,17-/m0/s1. The van der Waals surface area contributed by atoms with Crippen molar-refractivity contribution < 1.29 is 26.4 Å². The lowest BCUT2D eigenvalue weighted by molar-refractivity contribution is 0.371. The normalized spacial score (nSPS) is 13.7. The van der Waals surface area contributed by atoms with Crippen molar-refractivity contribution >= 4 is 37.6 Å². The van der Waals surface area contributed by atoms with Crippen LogP contribution in [0.2, 0.25) is 5.02 Å². The predicted octanol–water partition coefficient (Wildman–Crippen LogP) is 4.20. The Hall–Kier alpha value is -2.28. The first-order valence-corrected chi connectivity index (χ1v) is 11.7. The van der Waals surface area contributed by atoms with Crippen molar-refractivity contribution in [2.75, 3.05) is 7.11 Å². The molecule has 1 aromatic heterocycles. The summed E-state index contributed by atoms with van der Waals surface area (Å²) < 4.78 is 67.9. The summed E-state index contributed by atoms with van der Waals surface area (Å²) in [7, 11) is -3.07. The van der Waals surface area contributed by atoms with E-state index in [2.05, 4.69) is 25.8 Å². The third-order valence-electron chi connectivity index (χ3n) is 4.75. The van der Waals surface area contributed by atoms with Crippen molar-refractivity contribution in [3.05, 3.63) is 73.0 Å². The highest BCUT2D eigenvalue weighted by Gasteiger charge is 2.35. The zero-order chi connectivity index (χ0) is 23.8. The van der Waals surface area contributed by atoms with E-state index in [9.17, 15) is 22.0 Å². The van der Waals surface area contributed by atoms with E-state index in [0.717, 1.165) is 6.07 Å². The van der Waals surface area contributed by atoms with E-state index in [0.29, 0.717) is 5.56 Å². The molecule has 3 rings (SSSR count). The summed E-state index contributed by atoms with van der Waals surface area (Å²) in [5.41, 5.74) is 0.221. The van der Waals surface area contributed by atoms with Gasteiger partial charge in [0.2, 0.25) is 15.9 Å². The van der Waals surface area contributed by atoms with E-state index in [1.54, 1.807) is 6.92 Å². The molecule has 0 aliphatic rings. The Morgan fingerprint density at radius 2 is 2.00 bits per heavy atom. The molecule has 1 unspecified atom stereocenters. The second-order valence-corrected chi connectivity index (χ2v) is 9.76. The molecular weight excluding hydrogens is 536 g/mol. The highest BCUT2D eigenvalue weighted by Crippen LogP contribution is 2.39. The van der Waals surface area contributed by atoms with E-state index in [4.69, 9.17) is 20.8 Å². The first kappa shape index (κ1) is 24.4. The Kier molecular flexibility index (Phi) is 7.08.